The van der Waals surface area contributed by atoms with E-state index in [9.17, 15) is 22.4 Å². The summed E-state index contributed by atoms with van der Waals surface area (Å²) in [6, 6.07) is 3.71. The summed E-state index contributed by atoms with van der Waals surface area (Å²) in [4.78, 5) is 13.7. The Morgan fingerprint density at radius 2 is 2.18 bits per heavy atom. The van der Waals surface area contributed by atoms with E-state index in [-0.39, 0.29) is 25.0 Å². The first kappa shape index (κ1) is 16.8. The molecule has 0 radical (unpaired) electrons. The number of fused-ring (bicyclic) bond motifs is 1. The number of alkyl halides is 4. The molecule has 8 heteroatoms. The molecule has 1 unspecified atom stereocenters. The molecule has 0 aromatic carbocycles. The molecule has 0 N–H and O–H groups in total. The van der Waals surface area contributed by atoms with Crippen LogP contribution < -0.4 is 0 Å². The summed E-state index contributed by atoms with van der Waals surface area (Å²) in [7, 11) is 0. The van der Waals surface area contributed by atoms with E-state index in [2.05, 4.69) is 4.74 Å². The minimum Gasteiger partial charge on any atom is -0.374 e. The number of halogens is 4. The molecular weight excluding hydrogens is 304 g/mol. The lowest BCUT2D eigenvalue weighted by Gasteiger charge is -2.35. The van der Waals surface area contributed by atoms with E-state index >= 15 is 0 Å². The summed E-state index contributed by atoms with van der Waals surface area (Å²) in [6.07, 6.45) is -1.94. The predicted octanol–water partition coefficient (Wildman–Crippen LogP) is 2.70. The number of hydrogen-bond acceptors (Lipinski definition) is 2. The molecule has 1 aliphatic heterocycles. The van der Waals surface area contributed by atoms with Crippen molar-refractivity contribution in [1.82, 2.24) is 9.47 Å². The van der Waals surface area contributed by atoms with E-state index in [4.69, 9.17) is 0 Å². The van der Waals surface area contributed by atoms with E-state index in [1.54, 1.807) is 4.90 Å². The minimum absolute atomic E-state index is 0.107. The van der Waals surface area contributed by atoms with Crippen molar-refractivity contribution in [3.8, 4) is 0 Å². The summed E-state index contributed by atoms with van der Waals surface area (Å²) >= 11 is 0. The Labute approximate surface area is 125 Å². The Hall–Kier alpha value is -1.57. The second kappa shape index (κ2) is 6.68. The van der Waals surface area contributed by atoms with E-state index < -0.39 is 19.0 Å². The molecule has 124 valence electrons. The molecule has 0 saturated heterocycles. The maximum Gasteiger partial charge on any atom is 0.330 e. The van der Waals surface area contributed by atoms with Gasteiger partial charge in [-0.2, -0.15) is 8.78 Å². The summed E-state index contributed by atoms with van der Waals surface area (Å²) in [5.41, 5.74) is 1.00. The number of ether oxygens (including phenoxy) is 1. The van der Waals surface area contributed by atoms with Crippen LogP contribution in [0, 0.1) is 0 Å². The lowest BCUT2D eigenvalue weighted by atomic mass is 10.1. The molecule has 0 saturated carbocycles. The highest BCUT2D eigenvalue weighted by atomic mass is 19.3. The molecule has 2 rings (SSSR count). The fourth-order valence-corrected chi connectivity index (χ4v) is 2.49. The molecule has 1 amide bonds. The van der Waals surface area contributed by atoms with Crippen LogP contribution in [-0.4, -0.2) is 47.5 Å². The van der Waals surface area contributed by atoms with Gasteiger partial charge < -0.3 is 14.2 Å². The van der Waals surface area contributed by atoms with Crippen LogP contribution in [0.25, 0.3) is 0 Å². The zero-order valence-corrected chi connectivity index (χ0v) is 12.1. The number of rotatable bonds is 6. The van der Waals surface area contributed by atoms with Crippen molar-refractivity contribution in [3.63, 3.8) is 0 Å². The number of nitrogens with zero attached hydrogens (tertiary/aromatic N) is 2. The van der Waals surface area contributed by atoms with Gasteiger partial charge in [0, 0.05) is 25.0 Å². The number of carbonyl (C=O) groups excluding carboxylic acids is 1. The SMILES string of the molecule is CC1c2cccn2CCN1C(=O)CCOCC(F)(F)C(F)F. The largest absolute Gasteiger partial charge is 0.374 e. The zero-order chi connectivity index (χ0) is 16.3. The monoisotopic (exact) mass is 322 g/mol. The van der Waals surface area contributed by atoms with Gasteiger partial charge in [0.2, 0.25) is 5.91 Å². The highest BCUT2D eigenvalue weighted by molar-refractivity contribution is 5.76. The second-order valence-electron chi connectivity index (χ2n) is 5.25. The Balaban J connectivity index is 1.79. The van der Waals surface area contributed by atoms with Crippen LogP contribution in [0.4, 0.5) is 17.6 Å². The highest BCUT2D eigenvalue weighted by Gasteiger charge is 2.41. The predicted molar refractivity (Wildman–Crippen MR) is 70.9 cm³/mol. The molecule has 0 spiro atoms. The van der Waals surface area contributed by atoms with E-state index in [1.807, 2.05) is 29.8 Å². The lowest BCUT2D eigenvalue weighted by molar-refractivity contribution is -0.167. The topological polar surface area (TPSA) is 34.5 Å². The number of amides is 1. The Kier molecular flexibility index (Phi) is 5.10. The first-order valence-electron chi connectivity index (χ1n) is 7.01. The highest BCUT2D eigenvalue weighted by Crippen LogP contribution is 2.26. The third kappa shape index (κ3) is 3.60. The maximum absolute atomic E-state index is 12.6. The van der Waals surface area contributed by atoms with Crippen LogP contribution in [0.5, 0.6) is 0 Å². The number of aromatic nitrogens is 1. The molecular formula is C14H18F4N2O2. The average Bonchev–Trinajstić information content (AvgIpc) is 2.93. The summed E-state index contributed by atoms with van der Waals surface area (Å²) in [5.74, 6) is -4.41. The first-order valence-corrected chi connectivity index (χ1v) is 7.01. The van der Waals surface area contributed by atoms with Crippen LogP contribution >= 0.6 is 0 Å². The van der Waals surface area contributed by atoms with Gasteiger partial charge in [0.25, 0.3) is 0 Å². The normalized spacial score (nSPS) is 18.6. The zero-order valence-electron chi connectivity index (χ0n) is 12.1. The molecule has 1 aromatic rings. The van der Waals surface area contributed by atoms with Gasteiger partial charge in [0.1, 0.15) is 6.61 Å². The van der Waals surface area contributed by atoms with Crippen molar-refractivity contribution in [2.24, 2.45) is 0 Å². The number of hydrogen-bond donors (Lipinski definition) is 0. The maximum atomic E-state index is 12.6. The molecule has 0 bridgehead atoms. The van der Waals surface area contributed by atoms with Crippen LogP contribution in [0.3, 0.4) is 0 Å². The van der Waals surface area contributed by atoms with Gasteiger partial charge in [-0.05, 0) is 19.1 Å². The third-order valence-corrected chi connectivity index (χ3v) is 3.74. The minimum atomic E-state index is -4.18. The fourth-order valence-electron chi connectivity index (χ4n) is 2.49. The quantitative estimate of drug-likeness (QED) is 0.596. The lowest BCUT2D eigenvalue weighted by Crippen LogP contribution is -2.41. The van der Waals surface area contributed by atoms with Gasteiger partial charge in [-0.3, -0.25) is 4.79 Å². The van der Waals surface area contributed by atoms with Crippen LogP contribution in [0.1, 0.15) is 25.1 Å². The van der Waals surface area contributed by atoms with Gasteiger partial charge in [-0.15, -0.1) is 0 Å². The van der Waals surface area contributed by atoms with E-state index in [1.165, 1.54) is 0 Å². The van der Waals surface area contributed by atoms with Gasteiger partial charge in [0.05, 0.1) is 19.1 Å². The molecule has 0 fully saturated rings. The fraction of sp³-hybridized carbons (Fsp3) is 0.643. The molecule has 22 heavy (non-hydrogen) atoms. The van der Waals surface area contributed by atoms with E-state index in [0.29, 0.717) is 13.1 Å². The molecule has 4 nitrogen and oxygen atoms in total. The van der Waals surface area contributed by atoms with Gasteiger partial charge in [-0.25, -0.2) is 8.78 Å². The molecule has 1 atom stereocenters. The van der Waals surface area contributed by atoms with E-state index in [0.717, 1.165) is 5.69 Å². The number of carbonyl (C=O) groups is 1. The van der Waals surface area contributed by atoms with Crippen LogP contribution in [0.15, 0.2) is 18.3 Å². The van der Waals surface area contributed by atoms with Gasteiger partial charge in [0.15, 0.2) is 0 Å². The molecule has 1 aliphatic rings. The van der Waals surface area contributed by atoms with Crippen molar-refractivity contribution in [1.29, 1.82) is 0 Å². The van der Waals surface area contributed by atoms with Crippen LogP contribution in [-0.2, 0) is 16.1 Å². The van der Waals surface area contributed by atoms with Crippen LogP contribution in [0.2, 0.25) is 0 Å². The Morgan fingerprint density at radius 1 is 1.45 bits per heavy atom. The Bertz CT molecular complexity index is 519. The molecule has 2 heterocycles. The average molecular weight is 322 g/mol. The van der Waals surface area contributed by atoms with Crippen molar-refractivity contribution in [2.45, 2.75) is 38.3 Å². The summed E-state index contributed by atoms with van der Waals surface area (Å²) in [5, 5.41) is 0. The summed E-state index contributed by atoms with van der Waals surface area (Å²) < 4.78 is 55.8. The van der Waals surface area contributed by atoms with Crippen molar-refractivity contribution in [3.05, 3.63) is 24.0 Å². The second-order valence-corrected chi connectivity index (χ2v) is 5.25. The third-order valence-electron chi connectivity index (χ3n) is 3.74. The smallest absolute Gasteiger partial charge is 0.330 e. The Morgan fingerprint density at radius 3 is 2.86 bits per heavy atom. The van der Waals surface area contributed by atoms with Crippen molar-refractivity contribution >= 4 is 5.91 Å². The summed E-state index contributed by atoms with van der Waals surface area (Å²) in [6.45, 7) is 1.40. The van der Waals surface area contributed by atoms with Gasteiger partial charge >= 0.3 is 12.3 Å². The standard InChI is InChI=1S/C14H18F4N2O2/c1-10-11-3-2-5-19(11)6-7-20(10)12(21)4-8-22-9-14(17,18)13(15)16/h2-3,5,10,13H,4,6-9H2,1H3. The first-order chi connectivity index (χ1) is 10.3. The van der Waals surface area contributed by atoms with Crippen molar-refractivity contribution in [2.75, 3.05) is 19.8 Å². The molecule has 0 aliphatic carbocycles. The van der Waals surface area contributed by atoms with Gasteiger partial charge in [-0.1, -0.05) is 0 Å². The van der Waals surface area contributed by atoms with Crippen molar-refractivity contribution < 1.29 is 27.1 Å². The molecule has 1 aromatic heterocycles.